The van der Waals surface area contributed by atoms with Crippen molar-refractivity contribution in [3.8, 4) is 46.0 Å². The molecule has 2 heterocycles. The number of carbonyl (C=O) groups is 4. The molecule has 11 aromatic carbocycles. The van der Waals surface area contributed by atoms with E-state index in [1.807, 2.05) is 159 Å². The molecule has 344 valence electrons. The largest absolute Gasteiger partial charge is 0.457 e. The fourth-order valence-electron chi connectivity index (χ4n) is 10.1. The fourth-order valence-corrected chi connectivity index (χ4v) is 10.1. The smallest absolute Gasteiger partial charge is 0.266 e. The maximum absolute atomic E-state index is 15.3. The van der Waals surface area contributed by atoms with Gasteiger partial charge in [-0.2, -0.15) is 0 Å². The Kier molecular flexibility index (Phi) is 9.65. The number of hydrogen-bond acceptors (Lipinski definition) is 8. The highest BCUT2D eigenvalue weighted by Crippen LogP contribution is 2.58. The van der Waals surface area contributed by atoms with Crippen LogP contribution in [0.25, 0.3) is 43.1 Å². The zero-order valence-corrected chi connectivity index (χ0v) is 38.6. The van der Waals surface area contributed by atoms with Crippen LogP contribution in [0.5, 0.6) is 46.0 Å². The van der Waals surface area contributed by atoms with Crippen LogP contribution in [0.15, 0.2) is 194 Å². The van der Waals surface area contributed by atoms with E-state index in [-0.39, 0.29) is 45.3 Å². The number of fused-ring (bicyclic) bond motifs is 2. The minimum atomic E-state index is -0.562. The van der Waals surface area contributed by atoms with Gasteiger partial charge in [0.2, 0.25) is 0 Å². The Morgan fingerprint density at radius 2 is 0.514 bits per heavy atom. The quantitative estimate of drug-likeness (QED) is 0.0757. The molecule has 10 nitrogen and oxygen atoms in total. The van der Waals surface area contributed by atoms with Gasteiger partial charge in [0.05, 0.1) is 33.6 Å². The van der Waals surface area contributed by atoms with Crippen molar-refractivity contribution in [2.75, 3.05) is 9.80 Å². The zero-order valence-electron chi connectivity index (χ0n) is 38.6. The Bertz CT molecular complexity index is 3570. The van der Waals surface area contributed by atoms with E-state index in [0.29, 0.717) is 77.5 Å². The molecule has 72 heavy (non-hydrogen) atoms. The van der Waals surface area contributed by atoms with E-state index >= 15 is 19.2 Å². The molecule has 11 aromatic rings. The summed E-state index contributed by atoms with van der Waals surface area (Å²) in [4.78, 5) is 63.7. The third kappa shape index (κ3) is 6.64. The average Bonchev–Trinajstić information content (AvgIpc) is 3.40. The highest BCUT2D eigenvalue weighted by Gasteiger charge is 2.42. The van der Waals surface area contributed by atoms with Crippen LogP contribution in [0.2, 0.25) is 0 Å². The van der Waals surface area contributed by atoms with E-state index in [2.05, 4.69) is 0 Å². The number of hydrogen-bond donors (Lipinski definition) is 0. The van der Waals surface area contributed by atoms with Gasteiger partial charge in [0, 0.05) is 43.1 Å². The van der Waals surface area contributed by atoms with E-state index in [4.69, 9.17) is 18.9 Å². The highest BCUT2D eigenvalue weighted by atomic mass is 16.5. The molecule has 10 heteroatoms. The molecule has 0 aromatic heterocycles. The lowest BCUT2D eigenvalue weighted by Gasteiger charge is -2.32. The minimum absolute atomic E-state index is 0.201. The summed E-state index contributed by atoms with van der Waals surface area (Å²) in [5, 5.41) is 3.33. The van der Waals surface area contributed by atoms with Crippen molar-refractivity contribution < 1.29 is 38.1 Å². The van der Waals surface area contributed by atoms with Gasteiger partial charge in [-0.15, -0.1) is 0 Å². The van der Waals surface area contributed by atoms with Gasteiger partial charge in [-0.3, -0.25) is 19.2 Å². The van der Waals surface area contributed by atoms with Crippen molar-refractivity contribution in [3.05, 3.63) is 228 Å². The van der Waals surface area contributed by atoms with Gasteiger partial charge >= 0.3 is 0 Å². The van der Waals surface area contributed by atoms with Crippen LogP contribution in [-0.2, 0) is 0 Å². The van der Waals surface area contributed by atoms with Crippen molar-refractivity contribution in [2.45, 2.75) is 13.8 Å². The first-order valence-corrected chi connectivity index (χ1v) is 23.4. The van der Waals surface area contributed by atoms with Gasteiger partial charge in [-0.25, -0.2) is 9.80 Å². The van der Waals surface area contributed by atoms with Crippen molar-refractivity contribution >= 4 is 78.1 Å². The molecule has 0 radical (unpaired) electrons. The molecule has 0 unspecified atom stereocenters. The number of para-hydroxylation sites is 4. The minimum Gasteiger partial charge on any atom is -0.457 e. The molecular weight excluding hydrogens is 901 g/mol. The van der Waals surface area contributed by atoms with Crippen LogP contribution in [-0.4, -0.2) is 23.6 Å². The second kappa shape index (κ2) is 16.4. The molecular formula is C62H38N2O8. The number of benzene rings is 11. The number of anilines is 2. The lowest BCUT2D eigenvalue weighted by molar-refractivity contribution is 0.0877. The van der Waals surface area contributed by atoms with Crippen LogP contribution in [0.3, 0.4) is 0 Å². The molecule has 0 N–H and O–H groups in total. The molecule has 0 saturated heterocycles. The van der Waals surface area contributed by atoms with Gasteiger partial charge in [0.15, 0.2) is 0 Å². The number of rotatable bonds is 10. The number of ether oxygens (including phenoxy) is 4. The monoisotopic (exact) mass is 938 g/mol. The number of aryl methyl sites for hydroxylation is 2. The summed E-state index contributed by atoms with van der Waals surface area (Å²) >= 11 is 0. The second-order valence-electron chi connectivity index (χ2n) is 17.9. The normalized spacial score (nSPS) is 13.2. The van der Waals surface area contributed by atoms with Gasteiger partial charge in [-0.1, -0.05) is 108 Å². The van der Waals surface area contributed by atoms with E-state index in [1.54, 1.807) is 48.5 Å². The maximum atomic E-state index is 15.3. The van der Waals surface area contributed by atoms with Gasteiger partial charge in [-0.05, 0) is 111 Å². The van der Waals surface area contributed by atoms with Gasteiger partial charge in [0.25, 0.3) is 23.6 Å². The van der Waals surface area contributed by atoms with Crippen molar-refractivity contribution in [2.24, 2.45) is 0 Å². The fraction of sp³-hybridized carbons (Fsp3) is 0.0323. The first-order chi connectivity index (χ1) is 35.2. The first-order valence-electron chi connectivity index (χ1n) is 23.4. The lowest BCUT2D eigenvalue weighted by Crippen LogP contribution is -2.40. The molecule has 13 rings (SSSR count). The number of imide groups is 2. The molecule has 0 saturated carbocycles. The van der Waals surface area contributed by atoms with Crippen molar-refractivity contribution in [3.63, 3.8) is 0 Å². The zero-order chi connectivity index (χ0) is 48.8. The summed E-state index contributed by atoms with van der Waals surface area (Å²) < 4.78 is 27.9. The van der Waals surface area contributed by atoms with E-state index in [0.717, 1.165) is 11.1 Å². The molecule has 0 spiro atoms. The number of amides is 4. The number of carbonyl (C=O) groups excluding carboxylic acids is 4. The molecule has 0 aliphatic carbocycles. The predicted octanol–water partition coefficient (Wildman–Crippen LogP) is 15.1. The highest BCUT2D eigenvalue weighted by molar-refractivity contribution is 6.48. The third-order valence-electron chi connectivity index (χ3n) is 13.4. The second-order valence-corrected chi connectivity index (χ2v) is 17.9. The predicted molar refractivity (Wildman–Crippen MR) is 278 cm³/mol. The standard InChI is InChI=1S/C62H38N2O8/c1-35-23-27-37(28-24-35)63-59(65)43-31-47(69-39-15-7-3-8-16-39)53-55-49(71-41-19-11-5-12-20-41)33-45-52-46(62(68)64(61(45)67)38-29-25-36(2)26-30-38)34-50(72-42-21-13-6-14-22-42)56(58(52)55)54-48(70-40-17-9-4-10-18-40)32-44(60(63)66)51(43)57(53)54/h3-34H,1-2H3. The summed E-state index contributed by atoms with van der Waals surface area (Å²) in [5.41, 5.74) is 3.50. The SMILES string of the molecule is Cc1ccc(N2C(=O)c3cc(Oc4ccccc4)c4c5c(Oc6ccccc6)cc6c7c(cc(Oc8ccccc8)c(c8c(Oc9ccccc9)cc(c3c48)C2=O)c75)C(=O)N(c2ccc(C)cc2)C6=O)cc1. The first kappa shape index (κ1) is 42.3. The Morgan fingerprint density at radius 3 is 0.750 bits per heavy atom. The van der Waals surface area contributed by atoms with E-state index in [1.165, 1.54) is 9.80 Å². The molecule has 0 fully saturated rings. The van der Waals surface area contributed by atoms with Gasteiger partial charge < -0.3 is 18.9 Å². The molecule has 2 aliphatic heterocycles. The lowest BCUT2D eigenvalue weighted by atomic mass is 9.80. The summed E-state index contributed by atoms with van der Waals surface area (Å²) in [5.74, 6) is 0.545. The van der Waals surface area contributed by atoms with Crippen molar-refractivity contribution in [1.82, 2.24) is 0 Å². The van der Waals surface area contributed by atoms with Crippen LogP contribution >= 0.6 is 0 Å². The summed E-state index contributed by atoms with van der Waals surface area (Å²) in [6.07, 6.45) is 0. The average molecular weight is 939 g/mol. The topological polar surface area (TPSA) is 112 Å². The molecule has 0 atom stereocenters. The van der Waals surface area contributed by atoms with Crippen LogP contribution in [0, 0.1) is 13.8 Å². The maximum Gasteiger partial charge on any atom is 0.266 e. The van der Waals surface area contributed by atoms with Gasteiger partial charge in [0.1, 0.15) is 46.0 Å². The Balaban J connectivity index is 1.26. The molecule has 4 amide bonds. The Labute approximate surface area is 411 Å². The van der Waals surface area contributed by atoms with Crippen LogP contribution in [0.4, 0.5) is 11.4 Å². The van der Waals surface area contributed by atoms with Crippen LogP contribution in [0.1, 0.15) is 52.6 Å². The summed E-state index contributed by atoms with van der Waals surface area (Å²) in [6, 6.07) is 57.9. The molecule has 2 aliphatic rings. The molecule has 0 bridgehead atoms. The third-order valence-corrected chi connectivity index (χ3v) is 13.4. The van der Waals surface area contributed by atoms with E-state index in [9.17, 15) is 0 Å². The summed E-state index contributed by atoms with van der Waals surface area (Å²) in [6.45, 7) is 3.87. The van der Waals surface area contributed by atoms with Crippen LogP contribution < -0.4 is 28.7 Å². The Morgan fingerprint density at radius 1 is 0.278 bits per heavy atom. The summed E-state index contributed by atoms with van der Waals surface area (Å²) in [7, 11) is 0. The van der Waals surface area contributed by atoms with E-state index < -0.39 is 23.6 Å². The Hall–Kier alpha value is -9.80. The van der Waals surface area contributed by atoms with Crippen molar-refractivity contribution in [1.29, 1.82) is 0 Å². The number of nitrogens with zero attached hydrogens (tertiary/aromatic N) is 2.